The molecule has 1 N–H and O–H groups in total. The molecule has 5 nitrogen and oxygen atoms in total. The predicted octanol–water partition coefficient (Wildman–Crippen LogP) is 6.47. The molecular weight excluding hydrogens is 364 g/mol. The van der Waals surface area contributed by atoms with E-state index in [2.05, 4.69) is 11.1 Å². The zero-order valence-corrected chi connectivity index (χ0v) is 18.4. The molecule has 0 rings (SSSR count). The molecule has 0 unspecified atom stereocenters. The Labute approximate surface area is 168 Å². The largest absolute Gasteiger partial charge is 0.397 e. The summed E-state index contributed by atoms with van der Waals surface area (Å²) in [4.78, 5) is 0. The van der Waals surface area contributed by atoms with E-state index in [0.29, 0.717) is 6.61 Å². The normalized spacial score (nSPS) is 11.9. The highest BCUT2D eigenvalue weighted by Gasteiger charge is 2.02. The summed E-state index contributed by atoms with van der Waals surface area (Å²) in [6.45, 7) is 2.96. The molecule has 0 aliphatic carbocycles. The maximum atomic E-state index is 10.3. The highest BCUT2D eigenvalue weighted by molar-refractivity contribution is 7.80. The van der Waals surface area contributed by atoms with E-state index < -0.39 is 10.4 Å². The van der Waals surface area contributed by atoms with E-state index >= 15 is 0 Å². The Balaban J connectivity index is 3.03. The van der Waals surface area contributed by atoms with E-state index in [-0.39, 0.29) is 13.2 Å². The van der Waals surface area contributed by atoms with Crippen LogP contribution in [0.3, 0.4) is 0 Å². The summed E-state index contributed by atoms with van der Waals surface area (Å²) in [7, 11) is -4.33. The van der Waals surface area contributed by atoms with Crippen molar-refractivity contribution in [3.8, 4) is 0 Å². The molecule has 0 saturated carbocycles. The van der Waals surface area contributed by atoms with Gasteiger partial charge in [0, 0.05) is 6.61 Å². The van der Waals surface area contributed by atoms with Gasteiger partial charge in [-0.2, -0.15) is 8.42 Å². The lowest BCUT2D eigenvalue weighted by molar-refractivity contribution is 0.0945. The molecule has 6 heteroatoms. The van der Waals surface area contributed by atoms with Crippen LogP contribution in [0.15, 0.2) is 0 Å². The molecule has 0 aliphatic heterocycles. The lowest BCUT2D eigenvalue weighted by Crippen LogP contribution is -2.10. The van der Waals surface area contributed by atoms with Gasteiger partial charge in [0.25, 0.3) is 0 Å². The van der Waals surface area contributed by atoms with Crippen LogP contribution in [0.1, 0.15) is 116 Å². The fourth-order valence-corrected chi connectivity index (χ4v) is 3.51. The van der Waals surface area contributed by atoms with Gasteiger partial charge >= 0.3 is 10.4 Å². The first-order valence-corrected chi connectivity index (χ1v) is 12.6. The maximum Gasteiger partial charge on any atom is 0.397 e. The average Bonchev–Trinajstić information content (AvgIpc) is 2.62. The monoisotopic (exact) mass is 408 g/mol. The van der Waals surface area contributed by atoms with Crippen molar-refractivity contribution < 1.29 is 21.9 Å². The minimum atomic E-state index is -4.33. The number of hydrogen-bond donors (Lipinski definition) is 1. The molecule has 0 bridgehead atoms. The van der Waals surface area contributed by atoms with Gasteiger partial charge in [-0.15, -0.1) is 0 Å². The molecule has 0 aromatic heterocycles. The second-order valence-corrected chi connectivity index (χ2v) is 8.61. The van der Waals surface area contributed by atoms with Crippen molar-refractivity contribution in [3.63, 3.8) is 0 Å². The summed E-state index contributed by atoms with van der Waals surface area (Å²) in [6, 6.07) is 0. The Morgan fingerprint density at radius 2 is 0.926 bits per heavy atom. The van der Waals surface area contributed by atoms with Crippen LogP contribution in [-0.4, -0.2) is 32.8 Å². The van der Waals surface area contributed by atoms with Crippen LogP contribution in [0.4, 0.5) is 0 Å². The highest BCUT2D eigenvalue weighted by Crippen LogP contribution is 2.14. The van der Waals surface area contributed by atoms with E-state index in [1.165, 1.54) is 96.3 Å². The standard InChI is InChI=1S/C21H44O5S/c1-2-3-4-5-6-7-8-9-10-11-12-13-14-15-16-17-18-19-25-20-21-26-27(22,23)24/h2-21H2,1H3,(H,22,23,24). The highest BCUT2D eigenvalue weighted by atomic mass is 32.3. The van der Waals surface area contributed by atoms with E-state index in [0.717, 1.165) is 12.8 Å². The summed E-state index contributed by atoms with van der Waals surface area (Å²) in [5.74, 6) is 0. The van der Waals surface area contributed by atoms with Gasteiger partial charge in [-0.3, -0.25) is 4.55 Å². The van der Waals surface area contributed by atoms with Crippen molar-refractivity contribution in [3.05, 3.63) is 0 Å². The van der Waals surface area contributed by atoms with Crippen molar-refractivity contribution in [1.82, 2.24) is 0 Å². The summed E-state index contributed by atoms with van der Waals surface area (Å²) in [5.41, 5.74) is 0. The molecule has 0 fully saturated rings. The fourth-order valence-electron chi connectivity index (χ4n) is 3.23. The van der Waals surface area contributed by atoms with Gasteiger partial charge in [0.05, 0.1) is 13.2 Å². The molecule has 0 aromatic rings. The lowest BCUT2D eigenvalue weighted by atomic mass is 10.0. The van der Waals surface area contributed by atoms with Crippen LogP contribution in [0.25, 0.3) is 0 Å². The Hall–Kier alpha value is -0.170. The third-order valence-corrected chi connectivity index (χ3v) is 5.32. The topological polar surface area (TPSA) is 72.8 Å². The molecule has 164 valence electrons. The van der Waals surface area contributed by atoms with Gasteiger partial charge in [0.15, 0.2) is 0 Å². The van der Waals surface area contributed by atoms with Crippen molar-refractivity contribution in [2.45, 2.75) is 116 Å². The van der Waals surface area contributed by atoms with E-state index in [1.807, 2.05) is 0 Å². The Morgan fingerprint density at radius 3 is 1.30 bits per heavy atom. The smallest absolute Gasteiger partial charge is 0.379 e. The summed E-state index contributed by atoms with van der Waals surface area (Å²) >= 11 is 0. The van der Waals surface area contributed by atoms with Gasteiger partial charge in [0.1, 0.15) is 0 Å². The average molecular weight is 409 g/mol. The van der Waals surface area contributed by atoms with Crippen LogP contribution in [0.2, 0.25) is 0 Å². The van der Waals surface area contributed by atoms with Crippen LogP contribution in [-0.2, 0) is 19.3 Å². The van der Waals surface area contributed by atoms with Gasteiger partial charge in [-0.05, 0) is 6.42 Å². The second-order valence-electron chi connectivity index (χ2n) is 7.52. The van der Waals surface area contributed by atoms with Gasteiger partial charge in [-0.1, -0.05) is 110 Å². The first-order chi connectivity index (χ1) is 13.1. The molecule has 0 amide bonds. The number of rotatable bonds is 22. The van der Waals surface area contributed by atoms with Crippen LogP contribution in [0, 0.1) is 0 Å². The van der Waals surface area contributed by atoms with Crippen LogP contribution < -0.4 is 0 Å². The molecule has 0 radical (unpaired) electrons. The van der Waals surface area contributed by atoms with Crippen molar-refractivity contribution in [2.75, 3.05) is 19.8 Å². The van der Waals surface area contributed by atoms with Crippen molar-refractivity contribution in [2.24, 2.45) is 0 Å². The fraction of sp³-hybridized carbons (Fsp3) is 1.00. The summed E-state index contributed by atoms with van der Waals surface area (Å²) < 4.78 is 38.4. The number of unbranched alkanes of at least 4 members (excludes halogenated alkanes) is 16. The minimum absolute atomic E-state index is 0.127. The van der Waals surface area contributed by atoms with E-state index in [1.54, 1.807) is 0 Å². The maximum absolute atomic E-state index is 10.3. The third-order valence-electron chi connectivity index (χ3n) is 4.85. The van der Waals surface area contributed by atoms with Gasteiger partial charge in [-0.25, -0.2) is 4.18 Å². The molecule has 0 aromatic carbocycles. The molecular formula is C21H44O5S. The van der Waals surface area contributed by atoms with Crippen LogP contribution in [0.5, 0.6) is 0 Å². The number of hydrogen-bond acceptors (Lipinski definition) is 4. The van der Waals surface area contributed by atoms with Gasteiger partial charge < -0.3 is 4.74 Å². The molecule has 27 heavy (non-hydrogen) atoms. The quantitative estimate of drug-likeness (QED) is 0.164. The second kappa shape index (κ2) is 20.6. The van der Waals surface area contributed by atoms with Gasteiger partial charge in [0.2, 0.25) is 0 Å². The summed E-state index contributed by atoms with van der Waals surface area (Å²) in [5, 5.41) is 0. The Bertz CT molecular complexity index is 384. The van der Waals surface area contributed by atoms with E-state index in [9.17, 15) is 8.42 Å². The zero-order valence-electron chi connectivity index (χ0n) is 17.6. The minimum Gasteiger partial charge on any atom is -0.379 e. The first-order valence-electron chi connectivity index (χ1n) is 11.3. The third kappa shape index (κ3) is 25.8. The molecule has 0 spiro atoms. The molecule has 0 aliphatic rings. The lowest BCUT2D eigenvalue weighted by Gasteiger charge is -2.05. The SMILES string of the molecule is CCCCCCCCCCCCCCCCCCCOCCOS(=O)(=O)O. The van der Waals surface area contributed by atoms with Crippen LogP contribution >= 0.6 is 0 Å². The Kier molecular flexibility index (Phi) is 20.4. The van der Waals surface area contributed by atoms with Crippen molar-refractivity contribution >= 4 is 10.4 Å². The van der Waals surface area contributed by atoms with E-state index in [4.69, 9.17) is 9.29 Å². The van der Waals surface area contributed by atoms with Crippen molar-refractivity contribution in [1.29, 1.82) is 0 Å². The summed E-state index contributed by atoms with van der Waals surface area (Å²) in [6.07, 6.45) is 22.9. The first kappa shape index (κ1) is 26.8. The molecule has 0 saturated heterocycles. The molecule has 0 heterocycles. The Morgan fingerprint density at radius 1 is 0.556 bits per heavy atom. The predicted molar refractivity (Wildman–Crippen MR) is 112 cm³/mol. The zero-order chi connectivity index (χ0) is 20.1. The molecule has 0 atom stereocenters. The number of ether oxygens (including phenoxy) is 1.